The second-order valence-corrected chi connectivity index (χ2v) is 12.0. The molecule has 30 heavy (non-hydrogen) atoms. The van der Waals surface area contributed by atoms with E-state index >= 15 is 0 Å². The molecule has 0 radical (unpaired) electrons. The van der Waals surface area contributed by atoms with Crippen LogP contribution in [0.3, 0.4) is 0 Å². The lowest BCUT2D eigenvalue weighted by Crippen LogP contribution is -2.58. The minimum Gasteiger partial charge on any atom is -0.390 e. The Labute approximate surface area is 183 Å². The Morgan fingerprint density at radius 3 is 2.77 bits per heavy atom. The highest BCUT2D eigenvalue weighted by atomic mass is 16.5. The largest absolute Gasteiger partial charge is 0.390 e. The van der Waals surface area contributed by atoms with Crippen molar-refractivity contribution in [3.05, 3.63) is 36.0 Å². The standard InChI is InChI=1S/C28H42O2/c1-17(2)18(3)6-7-19(4)22-10-11-23-21-9-8-20-14-26-25(29)15-28(20,16-30-26)24(21)12-13-27(22,23)5/h8-9,14,17,19,21-26,29H,3,6-7,10-13,15-16H2,1-2,4-5H3/t19-,21+,22-,23+,24+,25+,26+,27-,28-/m1/s1. The van der Waals surface area contributed by atoms with Crippen molar-refractivity contribution in [2.75, 3.05) is 6.61 Å². The van der Waals surface area contributed by atoms with Crippen LogP contribution >= 0.6 is 0 Å². The van der Waals surface area contributed by atoms with Gasteiger partial charge in [-0.05, 0) is 97.5 Å². The molecule has 0 aromatic rings. The molecule has 2 heteroatoms. The second kappa shape index (κ2) is 7.34. The van der Waals surface area contributed by atoms with Crippen molar-refractivity contribution in [3.63, 3.8) is 0 Å². The van der Waals surface area contributed by atoms with Crippen molar-refractivity contribution >= 4 is 0 Å². The number of aliphatic hydroxyl groups is 1. The molecule has 166 valence electrons. The third-order valence-corrected chi connectivity index (χ3v) is 10.4. The van der Waals surface area contributed by atoms with Gasteiger partial charge >= 0.3 is 0 Å². The van der Waals surface area contributed by atoms with Gasteiger partial charge in [-0.15, -0.1) is 0 Å². The summed E-state index contributed by atoms with van der Waals surface area (Å²) in [6.45, 7) is 14.8. The van der Waals surface area contributed by atoms with E-state index in [2.05, 4.69) is 52.5 Å². The molecule has 6 aliphatic rings. The number of hydrogen-bond acceptors (Lipinski definition) is 2. The van der Waals surface area contributed by atoms with Gasteiger partial charge in [0.05, 0.1) is 12.7 Å². The van der Waals surface area contributed by atoms with E-state index in [0.29, 0.717) is 23.2 Å². The maximum Gasteiger partial charge on any atom is 0.102 e. The Morgan fingerprint density at radius 1 is 1.23 bits per heavy atom. The summed E-state index contributed by atoms with van der Waals surface area (Å²) in [6, 6.07) is 0. The molecule has 1 spiro atoms. The molecule has 2 heterocycles. The summed E-state index contributed by atoms with van der Waals surface area (Å²) in [4.78, 5) is 0. The summed E-state index contributed by atoms with van der Waals surface area (Å²) in [5, 5.41) is 10.6. The molecule has 0 amide bonds. The molecule has 0 aromatic heterocycles. The zero-order chi connectivity index (χ0) is 21.3. The number of fused-ring (bicyclic) bond motifs is 5. The summed E-state index contributed by atoms with van der Waals surface area (Å²) in [5.74, 6) is 4.34. The number of rotatable bonds is 5. The fourth-order valence-corrected chi connectivity index (χ4v) is 8.50. The van der Waals surface area contributed by atoms with Crippen molar-refractivity contribution in [1.82, 2.24) is 0 Å². The topological polar surface area (TPSA) is 29.5 Å². The van der Waals surface area contributed by atoms with Crippen LogP contribution in [0.1, 0.15) is 72.6 Å². The van der Waals surface area contributed by atoms with Crippen LogP contribution in [0.25, 0.3) is 0 Å². The Balaban J connectivity index is 1.36. The third-order valence-electron chi connectivity index (χ3n) is 10.4. The smallest absolute Gasteiger partial charge is 0.102 e. The summed E-state index contributed by atoms with van der Waals surface area (Å²) < 4.78 is 6.10. The molecule has 6 rings (SSSR count). The minimum atomic E-state index is -0.312. The van der Waals surface area contributed by atoms with E-state index in [1.54, 1.807) is 0 Å². The number of hydrogen-bond donors (Lipinski definition) is 1. The van der Waals surface area contributed by atoms with Gasteiger partial charge in [0.1, 0.15) is 6.10 Å². The van der Waals surface area contributed by atoms with Crippen LogP contribution in [0, 0.1) is 46.3 Å². The van der Waals surface area contributed by atoms with Crippen LogP contribution in [0.4, 0.5) is 0 Å². The molecule has 2 saturated carbocycles. The molecule has 2 aliphatic heterocycles. The Kier molecular flexibility index (Phi) is 5.14. The summed E-state index contributed by atoms with van der Waals surface area (Å²) in [5.41, 5.74) is 3.44. The van der Waals surface area contributed by atoms with Crippen LogP contribution in [-0.4, -0.2) is 23.9 Å². The first-order valence-electron chi connectivity index (χ1n) is 12.6. The Bertz CT molecular complexity index is 763. The van der Waals surface area contributed by atoms with Gasteiger partial charge in [-0.1, -0.05) is 52.0 Å². The molecule has 9 atom stereocenters. The highest BCUT2D eigenvalue weighted by Crippen LogP contribution is 2.67. The molecule has 2 nitrogen and oxygen atoms in total. The van der Waals surface area contributed by atoms with Crippen molar-refractivity contribution in [2.24, 2.45) is 46.3 Å². The van der Waals surface area contributed by atoms with Gasteiger partial charge in [0.2, 0.25) is 0 Å². The summed E-state index contributed by atoms with van der Waals surface area (Å²) in [7, 11) is 0. The maximum atomic E-state index is 10.6. The lowest BCUT2D eigenvalue weighted by atomic mass is 9.47. The van der Waals surface area contributed by atoms with Crippen molar-refractivity contribution in [1.29, 1.82) is 0 Å². The average molecular weight is 411 g/mol. The van der Waals surface area contributed by atoms with Gasteiger partial charge in [-0.3, -0.25) is 0 Å². The second-order valence-electron chi connectivity index (χ2n) is 12.0. The number of ether oxygens (including phenoxy) is 1. The fourth-order valence-electron chi connectivity index (χ4n) is 8.50. The van der Waals surface area contributed by atoms with Gasteiger partial charge in [0.15, 0.2) is 0 Å². The number of allylic oxidation sites excluding steroid dienone is 3. The average Bonchev–Trinajstić information content (AvgIpc) is 3.08. The third kappa shape index (κ3) is 2.96. The van der Waals surface area contributed by atoms with Gasteiger partial charge in [0, 0.05) is 5.41 Å². The molecular formula is C28H42O2. The van der Waals surface area contributed by atoms with Crippen molar-refractivity contribution in [3.8, 4) is 0 Å². The van der Waals surface area contributed by atoms with Crippen LogP contribution in [-0.2, 0) is 4.74 Å². The zero-order valence-corrected chi connectivity index (χ0v) is 19.6. The molecule has 0 aromatic carbocycles. The van der Waals surface area contributed by atoms with E-state index in [0.717, 1.165) is 30.8 Å². The van der Waals surface area contributed by atoms with Gasteiger partial charge in [0.25, 0.3) is 0 Å². The van der Waals surface area contributed by atoms with Gasteiger partial charge in [-0.25, -0.2) is 0 Å². The molecule has 4 aliphatic carbocycles. The predicted octanol–water partition coefficient (Wildman–Crippen LogP) is 6.32. The minimum absolute atomic E-state index is 0.0748. The monoisotopic (exact) mass is 410 g/mol. The summed E-state index contributed by atoms with van der Waals surface area (Å²) >= 11 is 0. The summed E-state index contributed by atoms with van der Waals surface area (Å²) in [6.07, 6.45) is 15.7. The van der Waals surface area contributed by atoms with Crippen molar-refractivity contribution < 1.29 is 9.84 Å². The normalized spacial score (nSPS) is 47.5. The zero-order valence-electron chi connectivity index (χ0n) is 19.6. The maximum absolute atomic E-state index is 10.6. The van der Waals surface area contributed by atoms with Crippen molar-refractivity contribution in [2.45, 2.75) is 84.8 Å². The molecule has 2 bridgehead atoms. The van der Waals surface area contributed by atoms with Gasteiger partial charge in [-0.2, -0.15) is 0 Å². The van der Waals surface area contributed by atoms with Crippen LogP contribution in [0.15, 0.2) is 36.0 Å². The van der Waals surface area contributed by atoms with E-state index in [1.165, 1.54) is 49.7 Å². The quantitative estimate of drug-likeness (QED) is 0.537. The molecule has 0 unspecified atom stereocenters. The highest BCUT2D eigenvalue weighted by molar-refractivity contribution is 5.39. The van der Waals surface area contributed by atoms with E-state index in [9.17, 15) is 5.11 Å². The lowest BCUT2D eigenvalue weighted by Gasteiger charge is -2.60. The molecule has 1 N–H and O–H groups in total. The fraction of sp³-hybridized carbons (Fsp3) is 0.786. The first kappa shape index (κ1) is 21.0. The molecular weight excluding hydrogens is 368 g/mol. The first-order valence-corrected chi connectivity index (χ1v) is 12.6. The number of aliphatic hydroxyl groups excluding tert-OH is 1. The van der Waals surface area contributed by atoms with E-state index < -0.39 is 0 Å². The Hall–Kier alpha value is -0.860. The SMILES string of the molecule is C=C(CC[C@@H](C)[C@H]1CC[C@H]2[C@@H]3C=CC4=C[C@@H]5OC[C@@]4(C[C@@H]5O)[C@H]3CC[C@]12C)C(C)C. The lowest BCUT2D eigenvalue weighted by molar-refractivity contribution is -0.155. The van der Waals surface area contributed by atoms with Crippen LogP contribution in [0.2, 0.25) is 0 Å². The van der Waals surface area contributed by atoms with Crippen LogP contribution < -0.4 is 0 Å². The van der Waals surface area contributed by atoms with E-state index in [-0.39, 0.29) is 17.6 Å². The van der Waals surface area contributed by atoms with E-state index in [1.807, 2.05) is 0 Å². The van der Waals surface area contributed by atoms with Crippen LogP contribution in [0.5, 0.6) is 0 Å². The van der Waals surface area contributed by atoms with E-state index in [4.69, 9.17) is 4.74 Å². The predicted molar refractivity (Wildman–Crippen MR) is 123 cm³/mol. The molecule has 1 saturated heterocycles. The molecule has 3 fully saturated rings. The Morgan fingerprint density at radius 2 is 2.03 bits per heavy atom. The first-order chi connectivity index (χ1) is 14.3. The highest BCUT2D eigenvalue weighted by Gasteiger charge is 2.61. The van der Waals surface area contributed by atoms with Gasteiger partial charge < -0.3 is 9.84 Å².